The highest BCUT2D eigenvalue weighted by molar-refractivity contribution is 7.90. The van der Waals surface area contributed by atoms with Crippen LogP contribution in [0.2, 0.25) is 0 Å². The maximum absolute atomic E-state index is 14.3. The Labute approximate surface area is 246 Å². The monoisotopic (exact) mass is 581 g/mol. The number of hydrogen-bond acceptors (Lipinski definition) is 5. The largest absolute Gasteiger partial charge is 0.387 e. The van der Waals surface area contributed by atoms with Gasteiger partial charge in [-0.05, 0) is 82.4 Å². The molecule has 0 aromatic heterocycles. The predicted octanol–water partition coefficient (Wildman–Crippen LogP) is 5.51. The van der Waals surface area contributed by atoms with Crippen molar-refractivity contribution in [3.05, 3.63) is 65.7 Å². The van der Waals surface area contributed by atoms with Crippen LogP contribution in [-0.4, -0.2) is 78.2 Å². The molecular weight excluding hydrogens is 534 g/mol. The number of nitrogens with zero attached hydrogens (tertiary/aromatic N) is 3. The van der Waals surface area contributed by atoms with Crippen molar-refractivity contribution < 1.29 is 18.3 Å². The Morgan fingerprint density at radius 2 is 1.59 bits per heavy atom. The zero-order chi connectivity index (χ0) is 29.7. The molecule has 2 aliphatic carbocycles. The number of aryl methyl sites for hydroxylation is 1. The maximum Gasteiger partial charge on any atom is 0.321 e. The second kappa shape index (κ2) is 10.6. The maximum atomic E-state index is 14.3. The lowest BCUT2D eigenvalue weighted by Gasteiger charge is -2.61. The molecule has 41 heavy (non-hydrogen) atoms. The van der Waals surface area contributed by atoms with Crippen LogP contribution in [0, 0.1) is 6.92 Å². The van der Waals surface area contributed by atoms with Crippen LogP contribution >= 0.6 is 0 Å². The molecule has 1 atom stereocenters. The fourth-order valence-electron chi connectivity index (χ4n) is 8.02. The van der Waals surface area contributed by atoms with Crippen LogP contribution in [0.3, 0.4) is 0 Å². The molecule has 2 aromatic rings. The molecule has 8 heteroatoms. The molecule has 1 spiro atoms. The first-order valence-electron chi connectivity index (χ1n) is 15.2. The molecular formula is C33H47N3O4S. The third-order valence-electron chi connectivity index (χ3n) is 11.0. The van der Waals surface area contributed by atoms with Gasteiger partial charge in [-0.2, -0.15) is 0 Å². The van der Waals surface area contributed by atoms with Crippen molar-refractivity contribution in [2.75, 3.05) is 37.0 Å². The van der Waals surface area contributed by atoms with Crippen LogP contribution in [0.25, 0.3) is 0 Å². The van der Waals surface area contributed by atoms with Gasteiger partial charge in [-0.3, -0.25) is 0 Å². The molecule has 0 bridgehead atoms. The van der Waals surface area contributed by atoms with E-state index in [1.165, 1.54) is 23.1 Å². The first-order chi connectivity index (χ1) is 19.3. The summed E-state index contributed by atoms with van der Waals surface area (Å²) in [5.41, 5.74) is 1.30. The van der Waals surface area contributed by atoms with E-state index in [-0.39, 0.29) is 23.9 Å². The number of amides is 2. The van der Waals surface area contributed by atoms with Gasteiger partial charge in [-0.1, -0.05) is 55.5 Å². The minimum Gasteiger partial charge on any atom is -0.387 e. The number of anilines is 1. The summed E-state index contributed by atoms with van der Waals surface area (Å²) in [5, 5.41) is 11.8. The number of para-hydroxylation sites is 1. The van der Waals surface area contributed by atoms with Gasteiger partial charge in [0.2, 0.25) is 0 Å². The number of rotatable bonds is 9. The van der Waals surface area contributed by atoms with E-state index < -0.39 is 26.5 Å². The molecule has 224 valence electrons. The summed E-state index contributed by atoms with van der Waals surface area (Å²) in [7, 11) is -1.04. The molecule has 1 N–H and O–H groups in total. The number of sulfone groups is 1. The van der Waals surface area contributed by atoms with Gasteiger partial charge in [0.1, 0.15) is 9.84 Å². The molecule has 2 saturated carbocycles. The number of aliphatic hydroxyl groups is 1. The van der Waals surface area contributed by atoms with Crippen LogP contribution in [-0.2, 0) is 15.4 Å². The zero-order valence-corrected chi connectivity index (χ0v) is 26.2. The van der Waals surface area contributed by atoms with Gasteiger partial charge in [0.05, 0.1) is 28.0 Å². The summed E-state index contributed by atoms with van der Waals surface area (Å²) in [6, 6.07) is 19.1. The van der Waals surface area contributed by atoms with Gasteiger partial charge in [0.25, 0.3) is 0 Å². The van der Waals surface area contributed by atoms with E-state index in [9.17, 15) is 18.3 Å². The molecule has 3 fully saturated rings. The highest BCUT2D eigenvalue weighted by atomic mass is 32.2. The molecule has 5 rings (SSSR count). The molecule has 1 unspecified atom stereocenters. The molecule has 3 aliphatic rings. The lowest BCUT2D eigenvalue weighted by molar-refractivity contribution is -0.161. The van der Waals surface area contributed by atoms with Crippen LogP contribution in [0.5, 0.6) is 0 Å². The summed E-state index contributed by atoms with van der Waals surface area (Å²) in [6.45, 7) is 6.95. The van der Waals surface area contributed by atoms with E-state index in [1.54, 1.807) is 4.90 Å². The molecule has 2 aromatic carbocycles. The normalized spacial score (nSPS) is 27.5. The molecule has 1 aliphatic heterocycles. The first kappa shape index (κ1) is 29.9. The van der Waals surface area contributed by atoms with Crippen LogP contribution in [0.15, 0.2) is 54.6 Å². The summed E-state index contributed by atoms with van der Waals surface area (Å²) in [6.07, 6.45) is 7.41. The van der Waals surface area contributed by atoms with Crippen molar-refractivity contribution in [3.63, 3.8) is 0 Å². The van der Waals surface area contributed by atoms with Crippen LogP contribution < -0.4 is 4.90 Å². The highest BCUT2D eigenvalue weighted by Crippen LogP contribution is 2.56. The molecule has 1 saturated heterocycles. The molecule has 0 radical (unpaired) electrons. The molecule has 1 heterocycles. The Bertz CT molecular complexity index is 1370. The Morgan fingerprint density at radius 1 is 0.976 bits per heavy atom. The smallest absolute Gasteiger partial charge is 0.321 e. The second-order valence-electron chi connectivity index (χ2n) is 13.1. The topological polar surface area (TPSA) is 81.2 Å². The van der Waals surface area contributed by atoms with Crippen molar-refractivity contribution >= 4 is 21.6 Å². The van der Waals surface area contributed by atoms with E-state index in [1.807, 2.05) is 4.90 Å². The van der Waals surface area contributed by atoms with E-state index in [0.717, 1.165) is 32.1 Å². The van der Waals surface area contributed by atoms with Gasteiger partial charge in [0, 0.05) is 32.1 Å². The average molecular weight is 582 g/mol. The SMILES string of the molecule is CCC(C)(N1C(=O)N(CCS(C)(=O)=O)CC12CCC(c1ccccc1)(N(C)c1ccccc1C)CC2)C1(O)CCC1. The van der Waals surface area contributed by atoms with Gasteiger partial charge < -0.3 is 19.8 Å². The van der Waals surface area contributed by atoms with Crippen molar-refractivity contribution in [3.8, 4) is 0 Å². The van der Waals surface area contributed by atoms with E-state index >= 15 is 0 Å². The highest BCUT2D eigenvalue weighted by Gasteiger charge is 2.64. The minimum atomic E-state index is -3.23. The van der Waals surface area contributed by atoms with Gasteiger partial charge in [-0.25, -0.2) is 13.2 Å². The Hall–Kier alpha value is -2.58. The number of hydrogen-bond donors (Lipinski definition) is 1. The minimum absolute atomic E-state index is 0.0558. The Morgan fingerprint density at radius 3 is 2.12 bits per heavy atom. The number of benzene rings is 2. The van der Waals surface area contributed by atoms with Gasteiger partial charge >= 0.3 is 6.03 Å². The zero-order valence-electron chi connectivity index (χ0n) is 25.4. The standard InChI is InChI=1S/C33H47N3O4S/c1-6-30(3,33(38)17-12-18-33)36-29(37)35(23-24-41(5,39)40)25-31(36)19-21-32(22-20-31,27-14-8-7-9-15-27)34(4)28-16-11-10-13-26(28)2/h7-11,13-16,38H,6,12,17-25H2,1-5H3. The van der Waals surface area contributed by atoms with Crippen LogP contribution in [0.4, 0.5) is 10.5 Å². The lowest BCUT2D eigenvalue weighted by Crippen LogP contribution is -2.71. The van der Waals surface area contributed by atoms with Crippen molar-refractivity contribution in [2.45, 2.75) is 94.4 Å². The number of urea groups is 1. The van der Waals surface area contributed by atoms with Crippen molar-refractivity contribution in [1.29, 1.82) is 0 Å². The van der Waals surface area contributed by atoms with Crippen LogP contribution in [0.1, 0.15) is 76.3 Å². The second-order valence-corrected chi connectivity index (χ2v) is 15.4. The number of carbonyl (C=O) groups is 1. The predicted molar refractivity (Wildman–Crippen MR) is 165 cm³/mol. The fraction of sp³-hybridized carbons (Fsp3) is 0.606. The Balaban J connectivity index is 1.55. The third-order valence-corrected chi connectivity index (χ3v) is 11.9. The summed E-state index contributed by atoms with van der Waals surface area (Å²) < 4.78 is 24.2. The summed E-state index contributed by atoms with van der Waals surface area (Å²) in [4.78, 5) is 20.5. The number of carbonyl (C=O) groups excluding carboxylic acids is 1. The lowest BCUT2D eigenvalue weighted by atomic mass is 9.62. The summed E-state index contributed by atoms with van der Waals surface area (Å²) in [5.74, 6) is -0.0558. The van der Waals surface area contributed by atoms with Crippen molar-refractivity contribution in [2.24, 2.45) is 0 Å². The van der Waals surface area contributed by atoms with Gasteiger partial charge in [0.15, 0.2) is 0 Å². The molecule has 7 nitrogen and oxygen atoms in total. The molecule has 2 amide bonds. The summed E-state index contributed by atoms with van der Waals surface area (Å²) >= 11 is 0. The quantitative estimate of drug-likeness (QED) is 0.423. The third kappa shape index (κ3) is 4.95. The first-order valence-corrected chi connectivity index (χ1v) is 17.2. The Kier molecular flexibility index (Phi) is 7.73. The average Bonchev–Trinajstić information content (AvgIpc) is 3.21. The van der Waals surface area contributed by atoms with E-state index in [4.69, 9.17) is 0 Å². The van der Waals surface area contributed by atoms with Crippen molar-refractivity contribution in [1.82, 2.24) is 9.80 Å². The van der Waals surface area contributed by atoms with Gasteiger partial charge in [-0.15, -0.1) is 0 Å². The fourth-order valence-corrected chi connectivity index (χ4v) is 8.57. The van der Waals surface area contributed by atoms with E-state index in [0.29, 0.717) is 25.8 Å². The van der Waals surface area contributed by atoms with E-state index in [2.05, 4.69) is 87.3 Å².